The van der Waals surface area contributed by atoms with Crippen LogP contribution >= 0.6 is 0 Å². The number of aryl methyl sites for hydroxylation is 1. The van der Waals surface area contributed by atoms with Crippen LogP contribution in [0.2, 0.25) is 0 Å². The van der Waals surface area contributed by atoms with Gasteiger partial charge >= 0.3 is 0 Å². The number of carbonyl (C=O) groups is 1. The van der Waals surface area contributed by atoms with E-state index in [1.54, 1.807) is 4.68 Å². The zero-order valence-electron chi connectivity index (χ0n) is 13.9. The standard InChI is InChI=1S/C16H28N4O2/c1-12(2)15-11-14(18-19(15)3)16(21)20-8-5-13(6-9-20)22-10-4-7-17/h11-13H,4-10,17H2,1-3H3. The largest absolute Gasteiger partial charge is 0.378 e. The Morgan fingerprint density at radius 3 is 2.68 bits per heavy atom. The molecule has 1 fully saturated rings. The number of ether oxygens (including phenoxy) is 1. The van der Waals surface area contributed by atoms with Gasteiger partial charge in [0.2, 0.25) is 0 Å². The van der Waals surface area contributed by atoms with Gasteiger partial charge in [0.15, 0.2) is 5.69 Å². The van der Waals surface area contributed by atoms with E-state index >= 15 is 0 Å². The van der Waals surface area contributed by atoms with E-state index in [9.17, 15) is 4.79 Å². The summed E-state index contributed by atoms with van der Waals surface area (Å²) < 4.78 is 7.58. The van der Waals surface area contributed by atoms with Crippen molar-refractivity contribution in [3.05, 3.63) is 17.5 Å². The number of amides is 1. The van der Waals surface area contributed by atoms with E-state index in [0.29, 0.717) is 24.8 Å². The van der Waals surface area contributed by atoms with Crippen molar-refractivity contribution in [3.8, 4) is 0 Å². The molecule has 2 N–H and O–H groups in total. The third kappa shape index (κ3) is 4.08. The highest BCUT2D eigenvalue weighted by molar-refractivity contribution is 5.92. The number of nitrogens with two attached hydrogens (primary N) is 1. The summed E-state index contributed by atoms with van der Waals surface area (Å²) in [6.45, 7) is 7.06. The Hall–Kier alpha value is -1.40. The average molecular weight is 308 g/mol. The highest BCUT2D eigenvalue weighted by atomic mass is 16.5. The summed E-state index contributed by atoms with van der Waals surface area (Å²) in [5, 5.41) is 4.37. The maximum Gasteiger partial charge on any atom is 0.274 e. The number of hydrogen-bond donors (Lipinski definition) is 1. The molecule has 22 heavy (non-hydrogen) atoms. The Balaban J connectivity index is 1.88. The number of aromatic nitrogens is 2. The Labute approximate surface area is 132 Å². The van der Waals surface area contributed by atoms with Gasteiger partial charge in [0.05, 0.1) is 6.10 Å². The Bertz CT molecular complexity index is 490. The summed E-state index contributed by atoms with van der Waals surface area (Å²) in [7, 11) is 1.89. The first-order chi connectivity index (χ1) is 10.5. The lowest BCUT2D eigenvalue weighted by Crippen LogP contribution is -2.41. The molecule has 0 bridgehead atoms. The second kappa shape index (κ2) is 7.74. The quantitative estimate of drug-likeness (QED) is 0.809. The molecule has 1 saturated heterocycles. The molecule has 1 aromatic heterocycles. The van der Waals surface area contributed by atoms with Crippen LogP contribution in [-0.4, -0.2) is 52.9 Å². The monoisotopic (exact) mass is 308 g/mol. The van der Waals surface area contributed by atoms with Crippen molar-refractivity contribution in [2.24, 2.45) is 12.8 Å². The SMILES string of the molecule is CC(C)c1cc(C(=O)N2CCC(OCCCN)CC2)nn1C. The lowest BCUT2D eigenvalue weighted by Gasteiger charge is -2.31. The molecule has 0 spiro atoms. The lowest BCUT2D eigenvalue weighted by molar-refractivity contribution is 0.00827. The van der Waals surface area contributed by atoms with E-state index in [4.69, 9.17) is 10.5 Å². The average Bonchev–Trinajstić information content (AvgIpc) is 2.90. The van der Waals surface area contributed by atoms with Gasteiger partial charge in [0.25, 0.3) is 5.91 Å². The van der Waals surface area contributed by atoms with Crippen LogP contribution in [0.15, 0.2) is 6.07 Å². The maximum absolute atomic E-state index is 12.5. The zero-order valence-corrected chi connectivity index (χ0v) is 13.9. The molecule has 2 heterocycles. The number of hydrogen-bond acceptors (Lipinski definition) is 4. The summed E-state index contributed by atoms with van der Waals surface area (Å²) in [6.07, 6.45) is 2.93. The van der Waals surface area contributed by atoms with E-state index < -0.39 is 0 Å². The first-order valence-electron chi connectivity index (χ1n) is 8.17. The summed E-state index contributed by atoms with van der Waals surface area (Å²) in [5.74, 6) is 0.392. The fraction of sp³-hybridized carbons (Fsp3) is 0.750. The predicted octanol–water partition coefficient (Wildman–Crippen LogP) is 1.51. The number of likely N-dealkylation sites (tertiary alicyclic amines) is 1. The van der Waals surface area contributed by atoms with Crippen LogP contribution in [0.3, 0.4) is 0 Å². The summed E-state index contributed by atoms with van der Waals surface area (Å²) in [4.78, 5) is 14.4. The van der Waals surface area contributed by atoms with Gasteiger partial charge in [-0.25, -0.2) is 0 Å². The van der Waals surface area contributed by atoms with Crippen LogP contribution in [0.1, 0.15) is 55.2 Å². The van der Waals surface area contributed by atoms with Gasteiger partial charge in [-0.2, -0.15) is 5.10 Å². The van der Waals surface area contributed by atoms with E-state index in [-0.39, 0.29) is 12.0 Å². The van der Waals surface area contributed by atoms with Gasteiger partial charge in [-0.1, -0.05) is 13.8 Å². The molecule has 0 radical (unpaired) electrons. The highest BCUT2D eigenvalue weighted by Crippen LogP contribution is 2.19. The predicted molar refractivity (Wildman–Crippen MR) is 85.8 cm³/mol. The molecule has 0 saturated carbocycles. The number of rotatable bonds is 6. The topological polar surface area (TPSA) is 73.4 Å². The number of nitrogens with zero attached hydrogens (tertiary/aromatic N) is 3. The molecular formula is C16H28N4O2. The Morgan fingerprint density at radius 2 is 2.14 bits per heavy atom. The smallest absolute Gasteiger partial charge is 0.274 e. The fourth-order valence-electron chi connectivity index (χ4n) is 2.85. The van der Waals surface area contributed by atoms with Crippen molar-refractivity contribution < 1.29 is 9.53 Å². The van der Waals surface area contributed by atoms with E-state index in [1.165, 1.54) is 0 Å². The van der Waals surface area contributed by atoms with E-state index in [2.05, 4.69) is 18.9 Å². The van der Waals surface area contributed by atoms with Crippen LogP contribution in [0, 0.1) is 0 Å². The molecule has 1 aliphatic rings. The Morgan fingerprint density at radius 1 is 1.45 bits per heavy atom. The van der Waals surface area contributed by atoms with E-state index in [1.807, 2.05) is 18.0 Å². The molecular weight excluding hydrogens is 280 g/mol. The molecule has 6 nitrogen and oxygen atoms in total. The van der Waals surface area contributed by atoms with Gasteiger partial charge in [-0.05, 0) is 37.8 Å². The van der Waals surface area contributed by atoms with Gasteiger partial charge in [-0.3, -0.25) is 9.48 Å². The molecule has 1 aliphatic heterocycles. The molecule has 2 rings (SSSR count). The number of piperidine rings is 1. The van der Waals surface area contributed by atoms with Crippen LogP contribution in [-0.2, 0) is 11.8 Å². The number of carbonyl (C=O) groups excluding carboxylic acids is 1. The fourth-order valence-corrected chi connectivity index (χ4v) is 2.85. The van der Waals surface area contributed by atoms with Gasteiger partial charge in [0.1, 0.15) is 0 Å². The second-order valence-electron chi connectivity index (χ2n) is 6.24. The van der Waals surface area contributed by atoms with Crippen LogP contribution in [0.4, 0.5) is 0 Å². The minimum Gasteiger partial charge on any atom is -0.378 e. The van der Waals surface area contributed by atoms with Gasteiger partial charge in [-0.15, -0.1) is 0 Å². The molecule has 1 amide bonds. The molecule has 0 unspecified atom stereocenters. The van der Waals surface area contributed by atoms with Crippen LogP contribution in [0.25, 0.3) is 0 Å². The van der Waals surface area contributed by atoms with Gasteiger partial charge < -0.3 is 15.4 Å². The van der Waals surface area contributed by atoms with Crippen molar-refractivity contribution in [3.63, 3.8) is 0 Å². The third-order valence-electron chi connectivity index (χ3n) is 4.16. The molecule has 0 atom stereocenters. The zero-order chi connectivity index (χ0) is 16.1. The third-order valence-corrected chi connectivity index (χ3v) is 4.16. The molecule has 0 aromatic carbocycles. The van der Waals surface area contributed by atoms with Crippen molar-refractivity contribution in [2.75, 3.05) is 26.2 Å². The summed E-state index contributed by atoms with van der Waals surface area (Å²) >= 11 is 0. The molecule has 0 aliphatic carbocycles. The lowest BCUT2D eigenvalue weighted by atomic mass is 10.1. The van der Waals surface area contributed by atoms with E-state index in [0.717, 1.165) is 38.0 Å². The van der Waals surface area contributed by atoms with Crippen molar-refractivity contribution in [1.82, 2.24) is 14.7 Å². The first kappa shape index (κ1) is 17.0. The molecule has 6 heteroatoms. The van der Waals surface area contributed by atoms with Crippen molar-refractivity contribution >= 4 is 5.91 Å². The van der Waals surface area contributed by atoms with Crippen LogP contribution < -0.4 is 5.73 Å². The summed E-state index contributed by atoms with van der Waals surface area (Å²) in [6, 6.07) is 1.91. The van der Waals surface area contributed by atoms with Crippen molar-refractivity contribution in [2.45, 2.75) is 45.1 Å². The maximum atomic E-state index is 12.5. The summed E-state index contributed by atoms with van der Waals surface area (Å²) in [5.41, 5.74) is 7.10. The first-order valence-corrected chi connectivity index (χ1v) is 8.17. The van der Waals surface area contributed by atoms with Crippen molar-refractivity contribution in [1.29, 1.82) is 0 Å². The van der Waals surface area contributed by atoms with Gasteiger partial charge in [0, 0.05) is 32.4 Å². The minimum absolute atomic E-state index is 0.0305. The normalized spacial score (nSPS) is 16.5. The second-order valence-corrected chi connectivity index (χ2v) is 6.24. The Kier molecular flexibility index (Phi) is 5.97. The molecule has 1 aromatic rings. The molecule has 124 valence electrons. The van der Waals surface area contributed by atoms with Crippen LogP contribution in [0.5, 0.6) is 0 Å². The highest BCUT2D eigenvalue weighted by Gasteiger charge is 2.26. The minimum atomic E-state index is 0.0305.